The van der Waals surface area contributed by atoms with E-state index in [0.717, 1.165) is 0 Å². The molecule has 0 saturated carbocycles. The van der Waals surface area contributed by atoms with Crippen LogP contribution in [0.25, 0.3) is 11.0 Å². The first-order valence-corrected chi connectivity index (χ1v) is 5.89. The van der Waals surface area contributed by atoms with Crippen molar-refractivity contribution in [3.8, 4) is 0 Å². The van der Waals surface area contributed by atoms with Crippen LogP contribution in [-0.4, -0.2) is 21.1 Å². The zero-order valence-corrected chi connectivity index (χ0v) is 10.3. The van der Waals surface area contributed by atoms with Crippen molar-refractivity contribution in [3.05, 3.63) is 58.5 Å². The molecule has 0 bridgehead atoms. The fourth-order valence-corrected chi connectivity index (χ4v) is 1.78. The number of amides is 1. The van der Waals surface area contributed by atoms with Gasteiger partial charge in [-0.25, -0.2) is 4.98 Å². The van der Waals surface area contributed by atoms with E-state index in [4.69, 9.17) is 4.42 Å². The number of nitrogens with zero attached hydrogens (tertiary/aromatic N) is 2. The van der Waals surface area contributed by atoms with Crippen molar-refractivity contribution in [1.82, 2.24) is 20.5 Å². The number of benzene rings is 1. The second-order valence-electron chi connectivity index (χ2n) is 4.09. The van der Waals surface area contributed by atoms with Gasteiger partial charge < -0.3 is 9.73 Å². The van der Waals surface area contributed by atoms with Gasteiger partial charge in [0.15, 0.2) is 11.2 Å². The van der Waals surface area contributed by atoms with Crippen LogP contribution in [0, 0.1) is 0 Å². The maximum absolute atomic E-state index is 11.9. The van der Waals surface area contributed by atoms with Crippen molar-refractivity contribution in [2.75, 3.05) is 0 Å². The van der Waals surface area contributed by atoms with Crippen molar-refractivity contribution in [2.45, 2.75) is 6.54 Å². The van der Waals surface area contributed by atoms with E-state index < -0.39 is 5.91 Å². The Morgan fingerprint density at radius 2 is 2.20 bits per heavy atom. The molecule has 1 amide bonds. The number of fused-ring (bicyclic) bond motifs is 1. The number of nitrogens with one attached hydrogen (secondary N) is 2. The Bertz CT molecular complexity index is 808. The van der Waals surface area contributed by atoms with E-state index in [1.165, 1.54) is 12.4 Å². The summed E-state index contributed by atoms with van der Waals surface area (Å²) in [7, 11) is 0. The zero-order valence-electron chi connectivity index (χ0n) is 10.3. The number of hydrogen-bond donors (Lipinski definition) is 2. The van der Waals surface area contributed by atoms with Crippen molar-refractivity contribution < 1.29 is 9.21 Å². The third-order valence-electron chi connectivity index (χ3n) is 2.74. The van der Waals surface area contributed by atoms with E-state index in [2.05, 4.69) is 20.5 Å². The van der Waals surface area contributed by atoms with Gasteiger partial charge in [-0.15, -0.1) is 0 Å². The largest absolute Gasteiger partial charge is 0.451 e. The average Bonchev–Trinajstić information content (AvgIpc) is 2.98. The number of para-hydroxylation sites is 1. The molecule has 20 heavy (non-hydrogen) atoms. The smallest absolute Gasteiger partial charge is 0.287 e. The standard InChI is InChI=1S/C13H10N4O3/c18-9-5-11(20-10-4-2-1-3-8(9)10)13(19)14-6-12-15-7-16-17-12/h1-5,7H,6H2,(H,14,19)(H,15,16,17). The summed E-state index contributed by atoms with van der Waals surface area (Å²) in [5.41, 5.74) is 0.126. The average molecular weight is 270 g/mol. The third-order valence-corrected chi connectivity index (χ3v) is 2.74. The minimum absolute atomic E-state index is 0.0341. The summed E-state index contributed by atoms with van der Waals surface area (Å²) in [5, 5.41) is 9.32. The van der Waals surface area contributed by atoms with Gasteiger partial charge in [0.05, 0.1) is 11.9 Å². The predicted octanol–water partition coefficient (Wildman–Crippen LogP) is 0.841. The minimum Gasteiger partial charge on any atom is -0.451 e. The van der Waals surface area contributed by atoms with Gasteiger partial charge in [0.25, 0.3) is 5.91 Å². The predicted molar refractivity (Wildman–Crippen MR) is 70.0 cm³/mol. The first-order chi connectivity index (χ1) is 9.74. The quantitative estimate of drug-likeness (QED) is 0.734. The Balaban J connectivity index is 1.86. The van der Waals surface area contributed by atoms with E-state index >= 15 is 0 Å². The second kappa shape index (κ2) is 4.96. The summed E-state index contributed by atoms with van der Waals surface area (Å²) in [6.07, 6.45) is 1.34. The lowest BCUT2D eigenvalue weighted by Gasteiger charge is -2.03. The Morgan fingerprint density at radius 1 is 1.35 bits per heavy atom. The van der Waals surface area contributed by atoms with Gasteiger partial charge in [0, 0.05) is 6.07 Å². The first kappa shape index (κ1) is 12.1. The molecule has 2 aromatic heterocycles. The zero-order chi connectivity index (χ0) is 13.9. The van der Waals surface area contributed by atoms with Crippen LogP contribution in [-0.2, 0) is 6.54 Å². The Kier molecular flexibility index (Phi) is 3.00. The van der Waals surface area contributed by atoms with E-state index in [-0.39, 0.29) is 17.7 Å². The normalized spacial score (nSPS) is 10.6. The fraction of sp³-hybridized carbons (Fsp3) is 0.0769. The molecule has 0 aliphatic carbocycles. The Labute approximate surface area is 112 Å². The molecule has 0 aliphatic rings. The SMILES string of the molecule is O=C(NCc1ncn[nH]1)c1cc(=O)c2ccccc2o1. The second-order valence-corrected chi connectivity index (χ2v) is 4.09. The summed E-state index contributed by atoms with van der Waals surface area (Å²) in [6.45, 7) is 0.176. The monoisotopic (exact) mass is 270 g/mol. The molecule has 1 aromatic carbocycles. The number of hydrogen-bond acceptors (Lipinski definition) is 5. The summed E-state index contributed by atoms with van der Waals surface area (Å²) >= 11 is 0. The molecule has 2 N–H and O–H groups in total. The van der Waals surface area contributed by atoms with Crippen LogP contribution in [0.3, 0.4) is 0 Å². The number of carbonyl (C=O) groups excluding carboxylic acids is 1. The molecule has 0 fully saturated rings. The molecule has 0 radical (unpaired) electrons. The number of H-pyrrole nitrogens is 1. The lowest BCUT2D eigenvalue weighted by atomic mass is 10.2. The molecule has 0 atom stereocenters. The number of carbonyl (C=O) groups is 1. The Morgan fingerprint density at radius 3 is 3.00 bits per heavy atom. The molecule has 7 nitrogen and oxygen atoms in total. The van der Waals surface area contributed by atoms with Crippen LogP contribution in [0.2, 0.25) is 0 Å². The van der Waals surface area contributed by atoms with Crippen LogP contribution in [0.4, 0.5) is 0 Å². The molecule has 0 saturated heterocycles. The van der Waals surface area contributed by atoms with E-state index in [1.54, 1.807) is 24.3 Å². The lowest BCUT2D eigenvalue weighted by molar-refractivity contribution is 0.0922. The van der Waals surface area contributed by atoms with Crippen molar-refractivity contribution in [1.29, 1.82) is 0 Å². The molecule has 2 heterocycles. The lowest BCUT2D eigenvalue weighted by Crippen LogP contribution is -2.24. The van der Waals surface area contributed by atoms with Crippen LogP contribution >= 0.6 is 0 Å². The molecular formula is C13H10N4O3. The minimum atomic E-state index is -0.482. The number of rotatable bonds is 3. The fourth-order valence-electron chi connectivity index (χ4n) is 1.78. The van der Waals surface area contributed by atoms with Gasteiger partial charge in [0.1, 0.15) is 17.7 Å². The summed E-state index contributed by atoms with van der Waals surface area (Å²) in [6, 6.07) is 7.95. The van der Waals surface area contributed by atoms with Gasteiger partial charge in [-0.05, 0) is 12.1 Å². The maximum atomic E-state index is 11.9. The highest BCUT2D eigenvalue weighted by Crippen LogP contribution is 2.11. The number of aromatic amines is 1. The van der Waals surface area contributed by atoms with Crippen molar-refractivity contribution in [3.63, 3.8) is 0 Å². The molecule has 0 spiro atoms. The van der Waals surface area contributed by atoms with Gasteiger partial charge in [-0.1, -0.05) is 12.1 Å². The van der Waals surface area contributed by atoms with Gasteiger partial charge in [0.2, 0.25) is 0 Å². The van der Waals surface area contributed by atoms with E-state index in [9.17, 15) is 9.59 Å². The Hall–Kier alpha value is -2.96. The van der Waals surface area contributed by atoms with E-state index in [0.29, 0.717) is 16.8 Å². The number of aromatic nitrogens is 3. The highest BCUT2D eigenvalue weighted by Gasteiger charge is 2.12. The van der Waals surface area contributed by atoms with Gasteiger partial charge >= 0.3 is 0 Å². The van der Waals surface area contributed by atoms with Crippen LogP contribution < -0.4 is 10.7 Å². The molecule has 0 aliphatic heterocycles. The first-order valence-electron chi connectivity index (χ1n) is 5.89. The molecule has 3 aromatic rings. The summed E-state index contributed by atoms with van der Waals surface area (Å²) < 4.78 is 5.42. The molecule has 3 rings (SSSR count). The van der Waals surface area contributed by atoms with E-state index in [1.807, 2.05) is 0 Å². The van der Waals surface area contributed by atoms with Crippen LogP contribution in [0.15, 0.2) is 45.9 Å². The van der Waals surface area contributed by atoms with Gasteiger partial charge in [-0.2, -0.15) is 5.10 Å². The highest BCUT2D eigenvalue weighted by atomic mass is 16.3. The summed E-state index contributed by atoms with van der Waals surface area (Å²) in [4.78, 5) is 27.7. The van der Waals surface area contributed by atoms with Crippen LogP contribution in [0.5, 0.6) is 0 Å². The highest BCUT2D eigenvalue weighted by molar-refractivity contribution is 5.93. The third kappa shape index (κ3) is 2.28. The van der Waals surface area contributed by atoms with Crippen molar-refractivity contribution >= 4 is 16.9 Å². The molecule has 7 heteroatoms. The molecular weight excluding hydrogens is 260 g/mol. The topological polar surface area (TPSA) is 101 Å². The maximum Gasteiger partial charge on any atom is 0.287 e. The molecule has 100 valence electrons. The molecule has 0 unspecified atom stereocenters. The van der Waals surface area contributed by atoms with Crippen molar-refractivity contribution in [2.24, 2.45) is 0 Å². The van der Waals surface area contributed by atoms with Gasteiger partial charge in [-0.3, -0.25) is 14.7 Å². The van der Waals surface area contributed by atoms with Crippen LogP contribution in [0.1, 0.15) is 16.4 Å². The summed E-state index contributed by atoms with van der Waals surface area (Å²) in [5.74, 6) is -0.000968.